The molecule has 51 heavy (non-hydrogen) atoms. The number of amides is 1. The number of aryl methyl sites for hydroxylation is 2. The number of aliphatic carboxylic acids is 1. The Morgan fingerprint density at radius 1 is 0.922 bits per heavy atom. The van der Waals surface area contributed by atoms with Crippen molar-refractivity contribution in [3.05, 3.63) is 40.2 Å². The summed E-state index contributed by atoms with van der Waals surface area (Å²) in [4.78, 5) is 57.3. The SMILES string of the molecule is Cc1cc(C(=O)N[C@@]23CC[C@]4(C)[C@H](CC[C@@H]5[C@@]6(C)CC[C@H](OC(=O)CC(C)(C)C(=O)O)C(C)(C)[C@@H]6CC[C@]54C)C2=C(C(C)C)C(=O)C3)cc(C)n1. The third-order valence-electron chi connectivity index (χ3n) is 15.5. The lowest BCUT2D eigenvalue weighted by molar-refractivity contribution is -0.232. The van der Waals surface area contributed by atoms with Crippen LogP contribution in [0.1, 0.15) is 148 Å². The zero-order chi connectivity index (χ0) is 37.7. The number of carboxylic acids is 1. The standard InChI is InChI=1S/C43H62N2O6/c1-24(2)34-29(46)22-43(45-36(48)27-20-25(3)44-26(4)21-27)19-18-41(10)28(35(34)43)12-13-31-40(9)16-15-32(51-33(47)23-38(5,6)37(49)50)39(7,8)30(40)14-17-42(31,41)11/h20-21,24,28,30-32H,12-19,22-23H2,1-11H3,(H,45,48)(H,49,50)/t28-,30+,31-,32+,40+,41-,42-,43-/m1/s1. The molecule has 0 radical (unpaired) electrons. The zero-order valence-electron chi connectivity index (χ0n) is 33.0. The average Bonchev–Trinajstić information content (AvgIpc) is 3.30. The number of allylic oxidation sites excluding steroid dienone is 1. The summed E-state index contributed by atoms with van der Waals surface area (Å²) >= 11 is 0. The molecule has 4 fully saturated rings. The molecule has 0 bridgehead atoms. The quantitative estimate of drug-likeness (QED) is 0.273. The van der Waals surface area contributed by atoms with Crippen molar-refractivity contribution >= 4 is 23.6 Å². The average molecular weight is 703 g/mol. The summed E-state index contributed by atoms with van der Waals surface area (Å²) in [5.74, 6) is -0.238. The first-order chi connectivity index (χ1) is 23.5. The summed E-state index contributed by atoms with van der Waals surface area (Å²) in [5.41, 5.74) is 2.34. The molecule has 1 amide bonds. The van der Waals surface area contributed by atoms with Crippen molar-refractivity contribution in [2.75, 3.05) is 0 Å². The van der Waals surface area contributed by atoms with E-state index in [0.717, 1.165) is 68.3 Å². The van der Waals surface area contributed by atoms with E-state index in [9.17, 15) is 24.3 Å². The fourth-order valence-corrected chi connectivity index (χ4v) is 12.8. The van der Waals surface area contributed by atoms with E-state index >= 15 is 0 Å². The highest BCUT2D eigenvalue weighted by Crippen LogP contribution is 2.76. The highest BCUT2D eigenvalue weighted by molar-refractivity contribution is 6.03. The normalized spacial score (nSPS) is 37.2. The van der Waals surface area contributed by atoms with Crippen molar-refractivity contribution in [2.24, 2.45) is 50.7 Å². The van der Waals surface area contributed by atoms with Crippen molar-refractivity contribution in [3.8, 4) is 0 Å². The summed E-state index contributed by atoms with van der Waals surface area (Å²) in [7, 11) is 0. The van der Waals surface area contributed by atoms with Crippen LogP contribution >= 0.6 is 0 Å². The van der Waals surface area contributed by atoms with Gasteiger partial charge in [0, 0.05) is 28.8 Å². The van der Waals surface area contributed by atoms with Crippen LogP contribution in [0, 0.1) is 64.6 Å². The minimum Gasteiger partial charge on any atom is -0.481 e. The van der Waals surface area contributed by atoms with Gasteiger partial charge in [0.2, 0.25) is 0 Å². The highest BCUT2D eigenvalue weighted by atomic mass is 16.5. The van der Waals surface area contributed by atoms with Gasteiger partial charge in [0.15, 0.2) is 5.78 Å². The van der Waals surface area contributed by atoms with Gasteiger partial charge in [-0.3, -0.25) is 24.2 Å². The molecule has 0 unspecified atom stereocenters. The number of rotatable bonds is 7. The Morgan fingerprint density at radius 2 is 1.57 bits per heavy atom. The Kier molecular flexibility index (Phi) is 9.07. The Balaban J connectivity index is 1.31. The predicted octanol–water partition coefficient (Wildman–Crippen LogP) is 8.57. The summed E-state index contributed by atoms with van der Waals surface area (Å²) in [5, 5.41) is 13.1. The number of carbonyl (C=O) groups excluding carboxylic acids is 3. The Morgan fingerprint density at radius 3 is 2.18 bits per heavy atom. The molecular formula is C43H62N2O6. The molecule has 6 rings (SSSR count). The Hall–Kier alpha value is -3.03. The molecule has 4 saturated carbocycles. The number of nitrogens with one attached hydrogen (secondary N) is 1. The number of hydrogen-bond donors (Lipinski definition) is 2. The van der Waals surface area contributed by atoms with Gasteiger partial charge in [0.05, 0.1) is 17.4 Å². The van der Waals surface area contributed by atoms with E-state index in [1.807, 2.05) is 26.0 Å². The van der Waals surface area contributed by atoms with Crippen molar-refractivity contribution < 1.29 is 29.0 Å². The highest BCUT2D eigenvalue weighted by Gasteiger charge is 2.70. The van der Waals surface area contributed by atoms with E-state index in [2.05, 4.69) is 58.8 Å². The second-order valence-electron chi connectivity index (χ2n) is 19.6. The largest absolute Gasteiger partial charge is 0.481 e. The summed E-state index contributed by atoms with van der Waals surface area (Å²) in [6, 6.07) is 3.68. The topological polar surface area (TPSA) is 123 Å². The molecule has 0 aliphatic heterocycles. The second-order valence-corrected chi connectivity index (χ2v) is 19.6. The zero-order valence-corrected chi connectivity index (χ0v) is 33.0. The van der Waals surface area contributed by atoms with E-state index in [1.54, 1.807) is 13.8 Å². The van der Waals surface area contributed by atoms with Crippen molar-refractivity contribution in [2.45, 2.75) is 152 Å². The number of fused-ring (bicyclic) bond motifs is 7. The monoisotopic (exact) mass is 702 g/mol. The third kappa shape index (κ3) is 5.71. The molecule has 8 nitrogen and oxygen atoms in total. The van der Waals surface area contributed by atoms with Crippen LogP contribution in [0.5, 0.6) is 0 Å². The molecule has 2 N–H and O–H groups in total. The number of hydrogen-bond acceptors (Lipinski definition) is 6. The molecule has 0 saturated heterocycles. The molecule has 8 atom stereocenters. The molecule has 1 aromatic heterocycles. The molecule has 5 aliphatic carbocycles. The van der Waals surface area contributed by atoms with E-state index in [0.29, 0.717) is 23.8 Å². The molecule has 280 valence electrons. The second kappa shape index (κ2) is 12.3. The number of carboxylic acid groups (broad SMARTS) is 1. The van der Waals surface area contributed by atoms with Crippen LogP contribution in [0.4, 0.5) is 0 Å². The van der Waals surface area contributed by atoms with Crippen LogP contribution in [0.3, 0.4) is 0 Å². The van der Waals surface area contributed by atoms with Gasteiger partial charge >= 0.3 is 11.9 Å². The van der Waals surface area contributed by atoms with Gasteiger partial charge in [-0.2, -0.15) is 0 Å². The maximum absolute atomic E-state index is 14.0. The van der Waals surface area contributed by atoms with Gasteiger partial charge < -0.3 is 15.2 Å². The fourth-order valence-electron chi connectivity index (χ4n) is 12.8. The number of aromatic nitrogens is 1. The number of ether oxygens (including phenoxy) is 1. The first-order valence-electron chi connectivity index (χ1n) is 19.5. The molecule has 8 heteroatoms. The van der Waals surface area contributed by atoms with Crippen LogP contribution in [-0.2, 0) is 19.1 Å². The minimum atomic E-state index is -1.17. The molecule has 0 spiro atoms. The van der Waals surface area contributed by atoms with Gasteiger partial charge in [0.25, 0.3) is 5.91 Å². The van der Waals surface area contributed by atoms with Gasteiger partial charge in [-0.05, 0) is 142 Å². The van der Waals surface area contributed by atoms with E-state index in [4.69, 9.17) is 4.74 Å². The van der Waals surface area contributed by atoms with E-state index < -0.39 is 22.9 Å². The number of nitrogens with zero attached hydrogens (tertiary/aromatic N) is 1. The van der Waals surface area contributed by atoms with Crippen molar-refractivity contribution in [1.29, 1.82) is 0 Å². The van der Waals surface area contributed by atoms with Crippen LogP contribution < -0.4 is 5.32 Å². The predicted molar refractivity (Wildman–Crippen MR) is 197 cm³/mol. The first-order valence-corrected chi connectivity index (χ1v) is 19.5. The number of Topliss-reactive ketones (excluding diaryl/α,β-unsaturated/α-hetero) is 1. The maximum atomic E-state index is 14.0. The lowest BCUT2D eigenvalue weighted by Gasteiger charge is -2.72. The van der Waals surface area contributed by atoms with Crippen LogP contribution in [0.25, 0.3) is 0 Å². The molecule has 5 aliphatic rings. The van der Waals surface area contributed by atoms with Crippen LogP contribution in [-0.4, -0.2) is 45.4 Å². The first kappa shape index (κ1) is 37.7. The van der Waals surface area contributed by atoms with Gasteiger partial charge in [-0.1, -0.05) is 48.5 Å². The lowest BCUT2D eigenvalue weighted by Crippen LogP contribution is -2.67. The van der Waals surface area contributed by atoms with E-state index in [-0.39, 0.29) is 57.7 Å². The lowest BCUT2D eigenvalue weighted by atomic mass is 9.33. The third-order valence-corrected chi connectivity index (χ3v) is 15.5. The fraction of sp³-hybridized carbons (Fsp3) is 0.744. The number of carbonyl (C=O) groups is 4. The Bertz CT molecular complexity index is 1670. The van der Waals surface area contributed by atoms with Crippen molar-refractivity contribution in [1.82, 2.24) is 10.3 Å². The van der Waals surface area contributed by atoms with Crippen LogP contribution in [0.2, 0.25) is 0 Å². The minimum absolute atomic E-state index is 0.0302. The number of esters is 1. The van der Waals surface area contributed by atoms with E-state index in [1.165, 1.54) is 5.57 Å². The number of ketones is 1. The molecular weight excluding hydrogens is 640 g/mol. The van der Waals surface area contributed by atoms with Crippen molar-refractivity contribution in [3.63, 3.8) is 0 Å². The Labute approximate surface area is 305 Å². The van der Waals surface area contributed by atoms with Gasteiger partial charge in [-0.15, -0.1) is 0 Å². The molecule has 1 aromatic rings. The summed E-state index contributed by atoms with van der Waals surface area (Å²) < 4.78 is 6.15. The van der Waals surface area contributed by atoms with Gasteiger partial charge in [-0.25, -0.2) is 0 Å². The van der Waals surface area contributed by atoms with Crippen LogP contribution in [0.15, 0.2) is 23.3 Å². The maximum Gasteiger partial charge on any atom is 0.309 e. The number of pyridine rings is 1. The summed E-state index contributed by atoms with van der Waals surface area (Å²) in [6.45, 7) is 23.3. The molecule has 0 aromatic carbocycles. The smallest absolute Gasteiger partial charge is 0.309 e. The summed E-state index contributed by atoms with van der Waals surface area (Å²) in [6.07, 6.45) is 7.54. The van der Waals surface area contributed by atoms with Gasteiger partial charge in [0.1, 0.15) is 6.10 Å². The molecule has 1 heterocycles.